The summed E-state index contributed by atoms with van der Waals surface area (Å²) < 4.78 is 23.5. The quantitative estimate of drug-likeness (QED) is 0.618. The molecule has 0 aliphatic rings. The van der Waals surface area contributed by atoms with E-state index in [2.05, 4.69) is 6.58 Å². The van der Waals surface area contributed by atoms with Crippen molar-refractivity contribution in [1.82, 2.24) is 4.31 Å². The largest absolute Gasteiger partial charge is 0.480 e. The molecule has 0 aromatic carbocycles. The number of rotatable bonds is 6. The molecule has 0 spiro atoms. The van der Waals surface area contributed by atoms with Gasteiger partial charge in [-0.05, 0) is 0 Å². The van der Waals surface area contributed by atoms with E-state index in [0.717, 1.165) is 4.31 Å². The van der Waals surface area contributed by atoms with Gasteiger partial charge in [0.25, 0.3) is 0 Å². The van der Waals surface area contributed by atoms with Crippen LogP contribution in [0.25, 0.3) is 0 Å². The third kappa shape index (κ3) is 4.05. The Morgan fingerprint density at radius 1 is 1.62 bits per heavy atom. The number of nitrogens with zero attached hydrogens (tertiary/aromatic N) is 1. The first-order valence-corrected chi connectivity index (χ1v) is 5.35. The number of carboxylic acids is 1. The van der Waals surface area contributed by atoms with Crippen LogP contribution in [-0.2, 0) is 14.8 Å². The second-order valence-electron chi connectivity index (χ2n) is 2.39. The van der Waals surface area contributed by atoms with Crippen LogP contribution in [0.5, 0.6) is 0 Å². The average Bonchev–Trinajstić information content (AvgIpc) is 1.99. The molecule has 0 atom stereocenters. The number of carbonyl (C=O) groups is 1. The molecule has 6 heteroatoms. The Bertz CT molecular complexity index is 283. The molecule has 0 saturated carbocycles. The Morgan fingerprint density at radius 3 is 2.46 bits per heavy atom. The number of hydrogen-bond donors (Lipinski definition) is 1. The second-order valence-corrected chi connectivity index (χ2v) is 4.40. The topological polar surface area (TPSA) is 74.7 Å². The third-order valence-corrected chi connectivity index (χ3v) is 3.22. The zero-order valence-electron chi connectivity index (χ0n) is 7.43. The van der Waals surface area contributed by atoms with Gasteiger partial charge in [-0.15, -0.1) is 6.58 Å². The summed E-state index contributed by atoms with van der Waals surface area (Å²) >= 11 is 0. The highest BCUT2D eigenvalue weighted by Crippen LogP contribution is 2.00. The van der Waals surface area contributed by atoms with Crippen LogP contribution in [-0.4, -0.2) is 42.6 Å². The Kier molecular flexibility index (Phi) is 4.64. The fraction of sp³-hybridized carbons (Fsp3) is 0.571. The van der Waals surface area contributed by atoms with Crippen molar-refractivity contribution in [1.29, 1.82) is 0 Å². The van der Waals surface area contributed by atoms with Crippen LogP contribution < -0.4 is 0 Å². The molecule has 0 unspecified atom stereocenters. The van der Waals surface area contributed by atoms with E-state index in [1.54, 1.807) is 6.92 Å². The lowest BCUT2D eigenvalue weighted by atomic mass is 10.6. The fourth-order valence-electron chi connectivity index (χ4n) is 0.812. The molecule has 0 fully saturated rings. The molecule has 76 valence electrons. The summed E-state index contributed by atoms with van der Waals surface area (Å²) in [7, 11) is -3.48. The third-order valence-electron chi connectivity index (χ3n) is 1.39. The molecule has 0 heterocycles. The number of carboxylic acid groups (broad SMARTS) is 1. The first kappa shape index (κ1) is 12.1. The van der Waals surface area contributed by atoms with Crippen molar-refractivity contribution in [2.24, 2.45) is 0 Å². The van der Waals surface area contributed by atoms with E-state index in [-0.39, 0.29) is 12.3 Å². The molecule has 0 aliphatic carbocycles. The molecule has 0 aromatic heterocycles. The van der Waals surface area contributed by atoms with Gasteiger partial charge < -0.3 is 5.11 Å². The van der Waals surface area contributed by atoms with Crippen LogP contribution in [0.1, 0.15) is 6.92 Å². The number of sulfonamides is 1. The maximum absolute atomic E-state index is 11.3. The highest BCUT2D eigenvalue weighted by molar-refractivity contribution is 7.89. The Labute approximate surface area is 77.7 Å². The van der Waals surface area contributed by atoms with E-state index >= 15 is 0 Å². The predicted molar refractivity (Wildman–Crippen MR) is 48.9 cm³/mol. The molecule has 0 saturated heterocycles. The summed E-state index contributed by atoms with van der Waals surface area (Å²) in [5.74, 6) is -1.39. The van der Waals surface area contributed by atoms with E-state index in [4.69, 9.17) is 5.11 Å². The predicted octanol–water partition coefficient (Wildman–Crippen LogP) is -0.0913. The maximum Gasteiger partial charge on any atom is 0.318 e. The lowest BCUT2D eigenvalue weighted by Gasteiger charge is -2.16. The van der Waals surface area contributed by atoms with Gasteiger partial charge in [0.1, 0.15) is 6.54 Å². The molecular weight excluding hydrogens is 194 g/mol. The lowest BCUT2D eigenvalue weighted by molar-refractivity contribution is -0.137. The van der Waals surface area contributed by atoms with Gasteiger partial charge in [-0.25, -0.2) is 8.42 Å². The number of aliphatic carboxylic acids is 1. The molecular formula is C7H13NO4S. The van der Waals surface area contributed by atoms with Gasteiger partial charge in [0.2, 0.25) is 10.0 Å². The SMILES string of the molecule is C=CCS(=O)(=O)N(CC)CC(=O)O. The monoisotopic (exact) mass is 207 g/mol. The lowest BCUT2D eigenvalue weighted by Crippen LogP contribution is -2.36. The molecule has 0 radical (unpaired) electrons. The summed E-state index contributed by atoms with van der Waals surface area (Å²) in [5.41, 5.74) is 0. The molecule has 0 rings (SSSR count). The van der Waals surface area contributed by atoms with E-state index < -0.39 is 22.5 Å². The Balaban J connectivity index is 4.56. The summed E-state index contributed by atoms with van der Waals surface area (Å²) in [5, 5.41) is 8.41. The molecule has 13 heavy (non-hydrogen) atoms. The van der Waals surface area contributed by atoms with Crippen LogP contribution >= 0.6 is 0 Å². The van der Waals surface area contributed by atoms with Gasteiger partial charge in [-0.3, -0.25) is 4.79 Å². The van der Waals surface area contributed by atoms with Crippen molar-refractivity contribution < 1.29 is 18.3 Å². The van der Waals surface area contributed by atoms with Crippen molar-refractivity contribution in [3.63, 3.8) is 0 Å². The average molecular weight is 207 g/mol. The van der Waals surface area contributed by atoms with Gasteiger partial charge in [-0.2, -0.15) is 4.31 Å². The normalized spacial score (nSPS) is 11.5. The van der Waals surface area contributed by atoms with Gasteiger partial charge >= 0.3 is 5.97 Å². The van der Waals surface area contributed by atoms with Crippen LogP contribution in [0.2, 0.25) is 0 Å². The van der Waals surface area contributed by atoms with Gasteiger partial charge in [0.05, 0.1) is 5.75 Å². The van der Waals surface area contributed by atoms with E-state index in [1.165, 1.54) is 6.08 Å². The second kappa shape index (κ2) is 4.98. The van der Waals surface area contributed by atoms with Crippen molar-refractivity contribution in [2.45, 2.75) is 6.92 Å². The van der Waals surface area contributed by atoms with Gasteiger partial charge in [-0.1, -0.05) is 13.0 Å². The number of likely N-dealkylation sites (N-methyl/N-ethyl adjacent to an activating group) is 1. The summed E-state index contributed by atoms with van der Waals surface area (Å²) in [6, 6.07) is 0. The highest BCUT2D eigenvalue weighted by atomic mass is 32.2. The fourth-order valence-corrected chi connectivity index (χ4v) is 2.02. The van der Waals surface area contributed by atoms with E-state index in [0.29, 0.717) is 0 Å². The smallest absolute Gasteiger partial charge is 0.318 e. The van der Waals surface area contributed by atoms with Crippen molar-refractivity contribution in [2.75, 3.05) is 18.8 Å². The minimum absolute atomic E-state index is 0.155. The highest BCUT2D eigenvalue weighted by Gasteiger charge is 2.20. The van der Waals surface area contributed by atoms with E-state index in [1.807, 2.05) is 0 Å². The van der Waals surface area contributed by atoms with Gasteiger partial charge in [0.15, 0.2) is 0 Å². The van der Waals surface area contributed by atoms with Crippen molar-refractivity contribution >= 4 is 16.0 Å². The summed E-state index contributed by atoms with van der Waals surface area (Å²) in [6.07, 6.45) is 1.24. The number of hydrogen-bond acceptors (Lipinski definition) is 3. The Morgan fingerprint density at radius 2 is 2.15 bits per heavy atom. The minimum Gasteiger partial charge on any atom is -0.480 e. The van der Waals surface area contributed by atoms with Crippen LogP contribution in [0.15, 0.2) is 12.7 Å². The molecule has 0 aliphatic heterocycles. The molecule has 0 aromatic rings. The molecule has 5 nitrogen and oxygen atoms in total. The first-order chi connectivity index (χ1) is 5.94. The van der Waals surface area contributed by atoms with Crippen LogP contribution in [0.4, 0.5) is 0 Å². The van der Waals surface area contributed by atoms with Gasteiger partial charge in [0, 0.05) is 6.54 Å². The zero-order chi connectivity index (χ0) is 10.5. The van der Waals surface area contributed by atoms with Crippen molar-refractivity contribution in [3.05, 3.63) is 12.7 Å². The first-order valence-electron chi connectivity index (χ1n) is 3.74. The molecule has 0 bridgehead atoms. The zero-order valence-corrected chi connectivity index (χ0v) is 8.25. The summed E-state index contributed by atoms with van der Waals surface area (Å²) in [6.45, 7) is 4.54. The van der Waals surface area contributed by atoms with Crippen molar-refractivity contribution in [3.8, 4) is 0 Å². The van der Waals surface area contributed by atoms with Crippen LogP contribution in [0, 0.1) is 0 Å². The van der Waals surface area contributed by atoms with Crippen LogP contribution in [0.3, 0.4) is 0 Å². The molecule has 1 N–H and O–H groups in total. The van der Waals surface area contributed by atoms with E-state index in [9.17, 15) is 13.2 Å². The standard InChI is InChI=1S/C7H13NO4S/c1-3-5-13(11,12)8(4-2)6-7(9)10/h3H,1,4-6H2,2H3,(H,9,10). The molecule has 0 amide bonds. The summed E-state index contributed by atoms with van der Waals surface area (Å²) in [4.78, 5) is 10.3. The minimum atomic E-state index is -3.48. The Hall–Kier alpha value is -0.880. The maximum atomic E-state index is 11.3.